The molecule has 2 unspecified atom stereocenters. The van der Waals surface area contributed by atoms with Crippen molar-refractivity contribution in [3.05, 3.63) is 113 Å². The fraction of sp³-hybridized carbons (Fsp3) is 0.273. The van der Waals surface area contributed by atoms with Crippen LogP contribution in [0.4, 0.5) is 0 Å². The van der Waals surface area contributed by atoms with Crippen LogP contribution in [0, 0.1) is 0 Å². The Kier molecular flexibility index (Phi) is 9.15. The molecule has 0 aliphatic carbocycles. The molecule has 196 valence electrons. The third-order valence-corrected chi connectivity index (χ3v) is 7.08. The van der Waals surface area contributed by atoms with E-state index in [0.29, 0.717) is 5.56 Å². The molecule has 0 aliphatic heterocycles. The lowest BCUT2D eigenvalue weighted by atomic mass is 9.77. The maximum absolute atomic E-state index is 12.4. The van der Waals surface area contributed by atoms with Gasteiger partial charge in [0.1, 0.15) is 0 Å². The number of carboxylic acid groups (broad SMARTS) is 1. The Morgan fingerprint density at radius 1 is 1.00 bits per heavy atom. The number of carboxylic acids is 1. The first kappa shape index (κ1) is 26.9. The van der Waals surface area contributed by atoms with Gasteiger partial charge in [0, 0.05) is 35.1 Å². The maximum atomic E-state index is 12.4. The molecule has 0 fully saturated rings. The number of benzene rings is 3. The molecule has 3 aromatic carbocycles. The molecular formula is C33H36N2O3. The molecule has 1 amide bonds. The van der Waals surface area contributed by atoms with Gasteiger partial charge in [-0.25, -0.2) is 0 Å². The van der Waals surface area contributed by atoms with Gasteiger partial charge in [-0.1, -0.05) is 93.4 Å². The molecule has 4 rings (SSSR count). The van der Waals surface area contributed by atoms with Crippen molar-refractivity contribution in [2.24, 2.45) is 0 Å². The number of nitrogens with one attached hydrogen (secondary N) is 2. The summed E-state index contributed by atoms with van der Waals surface area (Å²) in [6, 6.07) is 24.8. The quantitative estimate of drug-likeness (QED) is 0.173. The largest absolute Gasteiger partial charge is 0.481 e. The zero-order valence-corrected chi connectivity index (χ0v) is 22.1. The molecule has 1 heterocycles. The van der Waals surface area contributed by atoms with E-state index in [1.165, 1.54) is 34.9 Å². The van der Waals surface area contributed by atoms with Gasteiger partial charge in [-0.2, -0.15) is 0 Å². The van der Waals surface area contributed by atoms with Crippen molar-refractivity contribution in [3.8, 4) is 0 Å². The number of carbonyl (C=O) groups excluding carboxylic acids is 1. The number of hydrogen-bond donors (Lipinski definition) is 3. The molecule has 0 saturated carbocycles. The fourth-order valence-corrected chi connectivity index (χ4v) is 5.00. The van der Waals surface area contributed by atoms with E-state index < -0.39 is 5.97 Å². The highest BCUT2D eigenvalue weighted by Gasteiger charge is 2.26. The van der Waals surface area contributed by atoms with E-state index in [-0.39, 0.29) is 30.7 Å². The number of fused-ring (bicyclic) bond motifs is 1. The molecule has 0 saturated heterocycles. The van der Waals surface area contributed by atoms with Gasteiger partial charge in [0.05, 0.1) is 6.42 Å². The molecular weight excluding hydrogens is 472 g/mol. The van der Waals surface area contributed by atoms with Crippen LogP contribution in [0.3, 0.4) is 0 Å². The highest BCUT2D eigenvalue weighted by Crippen LogP contribution is 2.41. The minimum absolute atomic E-state index is 0.0972. The van der Waals surface area contributed by atoms with Crippen LogP contribution in [0.5, 0.6) is 0 Å². The van der Waals surface area contributed by atoms with E-state index in [0.717, 1.165) is 17.5 Å². The first-order chi connectivity index (χ1) is 18.5. The van der Waals surface area contributed by atoms with E-state index in [9.17, 15) is 9.59 Å². The van der Waals surface area contributed by atoms with Crippen molar-refractivity contribution in [1.29, 1.82) is 0 Å². The van der Waals surface area contributed by atoms with Crippen LogP contribution in [-0.4, -0.2) is 28.5 Å². The van der Waals surface area contributed by atoms with Gasteiger partial charge < -0.3 is 15.4 Å². The summed E-state index contributed by atoms with van der Waals surface area (Å²) < 4.78 is 0. The summed E-state index contributed by atoms with van der Waals surface area (Å²) in [6.07, 6.45) is 9.96. The first-order valence-corrected chi connectivity index (χ1v) is 13.4. The predicted octanol–water partition coefficient (Wildman–Crippen LogP) is 7.51. The second-order valence-electron chi connectivity index (χ2n) is 9.79. The lowest BCUT2D eigenvalue weighted by Crippen LogP contribution is -2.26. The smallest absolute Gasteiger partial charge is 0.305 e. The first-order valence-electron chi connectivity index (χ1n) is 13.4. The van der Waals surface area contributed by atoms with E-state index in [2.05, 4.69) is 85.0 Å². The predicted molar refractivity (Wildman–Crippen MR) is 155 cm³/mol. The summed E-state index contributed by atoms with van der Waals surface area (Å²) in [6.45, 7) is 4.55. The number of aromatic nitrogens is 1. The number of aromatic amines is 1. The number of amides is 1. The van der Waals surface area contributed by atoms with Gasteiger partial charge in [0.25, 0.3) is 5.91 Å². The highest BCUT2D eigenvalue weighted by molar-refractivity contribution is 5.94. The summed E-state index contributed by atoms with van der Waals surface area (Å²) in [5.41, 5.74) is 6.46. The van der Waals surface area contributed by atoms with Gasteiger partial charge in [-0.05, 0) is 52.8 Å². The Labute approximate surface area is 224 Å². The molecule has 0 bridgehead atoms. The molecule has 5 heteroatoms. The van der Waals surface area contributed by atoms with Crippen LogP contribution < -0.4 is 5.32 Å². The van der Waals surface area contributed by atoms with Crippen LogP contribution in [0.2, 0.25) is 0 Å². The van der Waals surface area contributed by atoms with E-state index in [4.69, 9.17) is 5.11 Å². The van der Waals surface area contributed by atoms with Gasteiger partial charge in [-0.3, -0.25) is 9.59 Å². The Morgan fingerprint density at radius 3 is 2.55 bits per heavy atom. The molecule has 0 spiro atoms. The molecule has 1 aromatic heterocycles. The monoisotopic (exact) mass is 508 g/mol. The summed E-state index contributed by atoms with van der Waals surface area (Å²) in [5, 5.41) is 12.7. The number of allylic oxidation sites excluding steroid dienone is 1. The Morgan fingerprint density at radius 2 is 1.79 bits per heavy atom. The number of carbonyl (C=O) groups is 2. The maximum Gasteiger partial charge on any atom is 0.305 e. The van der Waals surface area contributed by atoms with Gasteiger partial charge in [-0.15, -0.1) is 0 Å². The van der Waals surface area contributed by atoms with Crippen LogP contribution in [0.25, 0.3) is 17.0 Å². The van der Waals surface area contributed by atoms with Crippen molar-refractivity contribution in [2.75, 3.05) is 6.54 Å². The number of unbranched alkanes of at least 4 members (excludes halogenated alkanes) is 2. The van der Waals surface area contributed by atoms with Gasteiger partial charge >= 0.3 is 5.97 Å². The highest BCUT2D eigenvalue weighted by atomic mass is 16.4. The Bertz CT molecular complexity index is 1400. The van der Waals surface area contributed by atoms with Crippen molar-refractivity contribution < 1.29 is 14.7 Å². The number of aliphatic carboxylic acids is 1. The molecule has 38 heavy (non-hydrogen) atoms. The Balaban J connectivity index is 1.65. The van der Waals surface area contributed by atoms with Crippen molar-refractivity contribution >= 4 is 28.9 Å². The van der Waals surface area contributed by atoms with Crippen LogP contribution in [0.15, 0.2) is 85.1 Å². The molecule has 3 N–H and O–H groups in total. The summed E-state index contributed by atoms with van der Waals surface area (Å²) >= 11 is 0. The molecule has 0 radical (unpaired) electrons. The summed E-state index contributed by atoms with van der Waals surface area (Å²) in [4.78, 5) is 26.6. The summed E-state index contributed by atoms with van der Waals surface area (Å²) in [5.74, 6) is -0.956. The van der Waals surface area contributed by atoms with Gasteiger partial charge in [0.15, 0.2) is 0 Å². The normalized spacial score (nSPS) is 13.0. The zero-order valence-electron chi connectivity index (χ0n) is 22.1. The van der Waals surface area contributed by atoms with Crippen molar-refractivity contribution in [2.45, 2.75) is 51.4 Å². The molecule has 4 aromatic rings. The zero-order chi connectivity index (χ0) is 26.9. The second kappa shape index (κ2) is 12.9. The summed E-state index contributed by atoms with van der Waals surface area (Å²) in [7, 11) is 0. The minimum Gasteiger partial charge on any atom is -0.481 e. The lowest BCUT2D eigenvalue weighted by molar-refractivity contribution is -0.136. The SMILES string of the molecule is CCCC/C=C/c1cccc(C(c2c[nH]c3ccccc23)C(C)c2ccc(C(=O)NCCC(=O)O)cc2)c1. The van der Waals surface area contributed by atoms with E-state index in [1.54, 1.807) is 0 Å². The second-order valence-corrected chi connectivity index (χ2v) is 9.79. The van der Waals surface area contributed by atoms with Crippen LogP contribution in [-0.2, 0) is 4.79 Å². The third-order valence-electron chi connectivity index (χ3n) is 7.08. The third kappa shape index (κ3) is 6.60. The molecule has 2 atom stereocenters. The standard InChI is InChI=1S/C33H36N2O3/c1-3-4-5-6-10-24-11-9-12-27(21-24)32(29-22-35-30-14-8-7-13-28(29)30)23(2)25-15-17-26(18-16-25)33(38)34-20-19-31(36)37/h6-18,21-23,32,35H,3-5,19-20H2,1-2H3,(H,34,38)(H,36,37)/b10-6+. The number of para-hydroxylation sites is 1. The molecule has 0 aliphatic rings. The number of rotatable bonds is 12. The average Bonchev–Trinajstić information content (AvgIpc) is 3.35. The number of hydrogen-bond acceptors (Lipinski definition) is 2. The van der Waals surface area contributed by atoms with Crippen LogP contribution in [0.1, 0.15) is 84.0 Å². The van der Waals surface area contributed by atoms with Crippen molar-refractivity contribution in [1.82, 2.24) is 10.3 Å². The average molecular weight is 509 g/mol. The topological polar surface area (TPSA) is 82.2 Å². The number of H-pyrrole nitrogens is 1. The lowest BCUT2D eigenvalue weighted by Gasteiger charge is -2.26. The van der Waals surface area contributed by atoms with Crippen molar-refractivity contribution in [3.63, 3.8) is 0 Å². The van der Waals surface area contributed by atoms with E-state index >= 15 is 0 Å². The van der Waals surface area contributed by atoms with E-state index in [1.807, 2.05) is 30.3 Å². The fourth-order valence-electron chi connectivity index (χ4n) is 5.00. The Hall–Kier alpha value is -4.12. The molecule has 5 nitrogen and oxygen atoms in total. The minimum atomic E-state index is -0.932. The van der Waals surface area contributed by atoms with Gasteiger partial charge in [0.2, 0.25) is 0 Å². The van der Waals surface area contributed by atoms with Crippen LogP contribution >= 0.6 is 0 Å².